The van der Waals surface area contributed by atoms with Crippen molar-refractivity contribution >= 4 is 17.2 Å². The third kappa shape index (κ3) is 2.76. The molecule has 1 atom stereocenters. The van der Waals surface area contributed by atoms with E-state index in [0.29, 0.717) is 11.6 Å². The van der Waals surface area contributed by atoms with Gasteiger partial charge < -0.3 is 5.73 Å². The fourth-order valence-corrected chi connectivity index (χ4v) is 3.57. The van der Waals surface area contributed by atoms with Gasteiger partial charge in [0.05, 0.1) is 0 Å². The molecular formula is C16H18N2OS. The largest absolute Gasteiger partial charge is 0.366 e. The molecule has 0 radical (unpaired) electrons. The first kappa shape index (κ1) is 13.3. The van der Waals surface area contributed by atoms with Crippen LogP contribution in [0.3, 0.4) is 0 Å². The molecule has 1 unspecified atom stereocenters. The van der Waals surface area contributed by atoms with E-state index in [9.17, 15) is 4.79 Å². The van der Waals surface area contributed by atoms with Crippen LogP contribution in [0, 0.1) is 0 Å². The number of carbonyl (C=O) groups is 1. The van der Waals surface area contributed by atoms with Crippen molar-refractivity contribution in [1.82, 2.24) is 4.90 Å². The quantitative estimate of drug-likeness (QED) is 0.938. The molecule has 20 heavy (non-hydrogen) atoms. The van der Waals surface area contributed by atoms with Gasteiger partial charge in [-0.25, -0.2) is 0 Å². The number of carbonyl (C=O) groups excluding carboxylic acids is 1. The molecule has 1 aliphatic heterocycles. The van der Waals surface area contributed by atoms with Crippen LogP contribution < -0.4 is 5.73 Å². The van der Waals surface area contributed by atoms with Crippen LogP contribution in [0.5, 0.6) is 0 Å². The number of primary amides is 1. The van der Waals surface area contributed by atoms with Gasteiger partial charge in [-0.05, 0) is 59.5 Å². The highest BCUT2D eigenvalue weighted by molar-refractivity contribution is 7.07. The van der Waals surface area contributed by atoms with Crippen molar-refractivity contribution in [3.8, 4) is 0 Å². The monoisotopic (exact) mass is 286 g/mol. The summed E-state index contributed by atoms with van der Waals surface area (Å²) in [6.45, 7) is 2.07. The predicted octanol–water partition coefficient (Wildman–Crippen LogP) is 3.18. The van der Waals surface area contributed by atoms with E-state index in [1.165, 1.54) is 24.0 Å². The summed E-state index contributed by atoms with van der Waals surface area (Å²) in [6.07, 6.45) is 2.48. The van der Waals surface area contributed by atoms with Gasteiger partial charge in [0.1, 0.15) is 0 Å². The van der Waals surface area contributed by atoms with Crippen LogP contribution in [0.1, 0.15) is 40.4 Å². The van der Waals surface area contributed by atoms with Crippen LogP contribution in [-0.2, 0) is 6.54 Å². The maximum absolute atomic E-state index is 11.1. The van der Waals surface area contributed by atoms with Crippen LogP contribution >= 0.6 is 11.3 Å². The first-order valence-electron chi connectivity index (χ1n) is 6.89. The standard InChI is InChI=1S/C16H18N2OS/c17-16(19)13-5-3-12(4-6-13)10-18-8-1-2-15(18)14-7-9-20-11-14/h3-7,9,11,15H,1-2,8,10H2,(H2,17,19). The zero-order valence-corrected chi connectivity index (χ0v) is 12.1. The van der Waals surface area contributed by atoms with E-state index in [0.717, 1.165) is 13.1 Å². The van der Waals surface area contributed by atoms with Gasteiger partial charge in [0, 0.05) is 18.2 Å². The van der Waals surface area contributed by atoms with Gasteiger partial charge in [-0.1, -0.05) is 12.1 Å². The summed E-state index contributed by atoms with van der Waals surface area (Å²) in [6, 6.07) is 10.4. The molecule has 0 bridgehead atoms. The summed E-state index contributed by atoms with van der Waals surface area (Å²) < 4.78 is 0. The fourth-order valence-electron chi connectivity index (χ4n) is 2.87. The molecule has 1 aliphatic rings. The number of hydrogen-bond acceptors (Lipinski definition) is 3. The minimum atomic E-state index is -0.367. The first-order valence-corrected chi connectivity index (χ1v) is 7.83. The van der Waals surface area contributed by atoms with Gasteiger partial charge in [0.2, 0.25) is 5.91 Å². The topological polar surface area (TPSA) is 46.3 Å². The maximum Gasteiger partial charge on any atom is 0.248 e. The number of nitrogens with zero attached hydrogens (tertiary/aromatic N) is 1. The lowest BCUT2D eigenvalue weighted by molar-refractivity contribution is 0.100. The zero-order valence-electron chi connectivity index (χ0n) is 11.3. The third-order valence-corrected chi connectivity index (χ3v) is 4.62. The summed E-state index contributed by atoms with van der Waals surface area (Å²) >= 11 is 1.76. The maximum atomic E-state index is 11.1. The zero-order chi connectivity index (χ0) is 13.9. The lowest BCUT2D eigenvalue weighted by Crippen LogP contribution is -2.22. The minimum Gasteiger partial charge on any atom is -0.366 e. The predicted molar refractivity (Wildman–Crippen MR) is 81.7 cm³/mol. The summed E-state index contributed by atoms with van der Waals surface area (Å²) in [4.78, 5) is 13.6. The van der Waals surface area contributed by atoms with Gasteiger partial charge in [-0.3, -0.25) is 9.69 Å². The Labute approximate surface area is 123 Å². The Balaban J connectivity index is 1.72. The van der Waals surface area contributed by atoms with Crippen molar-refractivity contribution in [2.75, 3.05) is 6.54 Å². The molecule has 1 fully saturated rings. The van der Waals surface area contributed by atoms with Crippen molar-refractivity contribution in [1.29, 1.82) is 0 Å². The molecule has 1 aromatic heterocycles. The molecule has 1 amide bonds. The highest BCUT2D eigenvalue weighted by Crippen LogP contribution is 2.34. The number of nitrogens with two attached hydrogens (primary N) is 1. The molecule has 4 heteroatoms. The molecule has 2 aromatic rings. The van der Waals surface area contributed by atoms with Crippen molar-refractivity contribution in [3.05, 3.63) is 57.8 Å². The summed E-state index contributed by atoms with van der Waals surface area (Å²) in [5, 5.41) is 4.40. The van der Waals surface area contributed by atoms with Gasteiger partial charge in [0.15, 0.2) is 0 Å². The lowest BCUT2D eigenvalue weighted by Gasteiger charge is -2.24. The molecule has 1 aromatic carbocycles. The van der Waals surface area contributed by atoms with E-state index in [2.05, 4.69) is 21.7 Å². The second-order valence-electron chi connectivity index (χ2n) is 5.25. The molecule has 0 aliphatic carbocycles. The lowest BCUT2D eigenvalue weighted by atomic mass is 10.1. The second kappa shape index (κ2) is 5.77. The Kier molecular flexibility index (Phi) is 3.85. The Bertz CT molecular complexity index is 577. The Morgan fingerprint density at radius 1 is 1.30 bits per heavy atom. The smallest absolute Gasteiger partial charge is 0.248 e. The molecule has 3 nitrogen and oxygen atoms in total. The Hall–Kier alpha value is -1.65. The second-order valence-corrected chi connectivity index (χ2v) is 6.03. The molecule has 3 rings (SSSR count). The first-order chi connectivity index (χ1) is 9.74. The van der Waals surface area contributed by atoms with Gasteiger partial charge in [-0.15, -0.1) is 0 Å². The van der Waals surface area contributed by atoms with E-state index in [-0.39, 0.29) is 5.91 Å². The average molecular weight is 286 g/mol. The number of amides is 1. The highest BCUT2D eigenvalue weighted by Gasteiger charge is 2.26. The van der Waals surface area contributed by atoms with E-state index >= 15 is 0 Å². The highest BCUT2D eigenvalue weighted by atomic mass is 32.1. The van der Waals surface area contributed by atoms with Gasteiger partial charge in [0.25, 0.3) is 0 Å². The van der Waals surface area contributed by atoms with Crippen molar-refractivity contribution in [2.45, 2.75) is 25.4 Å². The van der Waals surface area contributed by atoms with Crippen LogP contribution in [0.2, 0.25) is 0 Å². The summed E-state index contributed by atoms with van der Waals surface area (Å²) in [5.41, 5.74) is 8.50. The minimum absolute atomic E-state index is 0.367. The molecule has 2 heterocycles. The van der Waals surface area contributed by atoms with E-state index in [1.807, 2.05) is 24.3 Å². The van der Waals surface area contributed by atoms with Crippen LogP contribution in [0.4, 0.5) is 0 Å². The Morgan fingerprint density at radius 3 is 2.75 bits per heavy atom. The van der Waals surface area contributed by atoms with Crippen molar-refractivity contribution < 1.29 is 4.79 Å². The van der Waals surface area contributed by atoms with Gasteiger partial charge in [-0.2, -0.15) is 11.3 Å². The number of benzene rings is 1. The van der Waals surface area contributed by atoms with Crippen LogP contribution in [0.15, 0.2) is 41.1 Å². The molecule has 0 spiro atoms. The molecule has 2 N–H and O–H groups in total. The number of hydrogen-bond donors (Lipinski definition) is 1. The fraction of sp³-hybridized carbons (Fsp3) is 0.312. The van der Waals surface area contributed by atoms with Gasteiger partial charge >= 0.3 is 0 Å². The SMILES string of the molecule is NC(=O)c1ccc(CN2CCCC2c2ccsc2)cc1. The Morgan fingerprint density at radius 2 is 2.10 bits per heavy atom. The summed E-state index contributed by atoms with van der Waals surface area (Å²) in [5.74, 6) is -0.367. The summed E-state index contributed by atoms with van der Waals surface area (Å²) in [7, 11) is 0. The molecule has 1 saturated heterocycles. The van der Waals surface area contributed by atoms with Crippen molar-refractivity contribution in [2.24, 2.45) is 5.73 Å². The van der Waals surface area contributed by atoms with E-state index in [1.54, 1.807) is 11.3 Å². The molecule has 0 saturated carbocycles. The van der Waals surface area contributed by atoms with Crippen LogP contribution in [-0.4, -0.2) is 17.4 Å². The number of thiophene rings is 1. The normalized spacial score (nSPS) is 19.3. The van der Waals surface area contributed by atoms with E-state index < -0.39 is 0 Å². The molecular weight excluding hydrogens is 268 g/mol. The van der Waals surface area contributed by atoms with Crippen LogP contribution in [0.25, 0.3) is 0 Å². The number of likely N-dealkylation sites (tertiary alicyclic amines) is 1. The number of rotatable bonds is 4. The third-order valence-electron chi connectivity index (χ3n) is 3.92. The average Bonchev–Trinajstić information content (AvgIpc) is 3.09. The molecule has 104 valence electrons. The van der Waals surface area contributed by atoms with E-state index in [4.69, 9.17) is 5.73 Å². The van der Waals surface area contributed by atoms with Crippen molar-refractivity contribution in [3.63, 3.8) is 0 Å².